The Bertz CT molecular complexity index is 961. The second-order valence-electron chi connectivity index (χ2n) is 5.56. The van der Waals surface area contributed by atoms with Crippen LogP contribution in [0.4, 0.5) is 5.69 Å². The predicted molar refractivity (Wildman–Crippen MR) is 99.9 cm³/mol. The van der Waals surface area contributed by atoms with E-state index in [1.165, 1.54) is 4.31 Å². The molecule has 25 heavy (non-hydrogen) atoms. The average Bonchev–Trinajstić information content (AvgIpc) is 2.92. The first-order valence-electron chi connectivity index (χ1n) is 8.10. The minimum absolute atomic E-state index is 0.223. The average molecular weight is 356 g/mol. The molecule has 0 saturated heterocycles. The number of nitrogens with zero attached hydrogens (tertiary/aromatic N) is 3. The number of hydrogen-bond acceptors (Lipinski definition) is 4. The molecule has 0 bridgehead atoms. The van der Waals surface area contributed by atoms with Crippen LogP contribution in [0.3, 0.4) is 0 Å². The summed E-state index contributed by atoms with van der Waals surface area (Å²) in [7, 11) is -3.53. The van der Waals surface area contributed by atoms with Crippen LogP contribution in [-0.2, 0) is 10.0 Å². The van der Waals surface area contributed by atoms with Crippen LogP contribution in [0.25, 0.3) is 0 Å². The van der Waals surface area contributed by atoms with Gasteiger partial charge in [-0.05, 0) is 18.2 Å². The van der Waals surface area contributed by atoms with E-state index in [-0.39, 0.29) is 4.90 Å². The molecule has 1 aliphatic heterocycles. The number of sulfonamides is 1. The van der Waals surface area contributed by atoms with E-state index in [0.29, 0.717) is 30.4 Å². The summed E-state index contributed by atoms with van der Waals surface area (Å²) in [5.41, 5.74) is 8.14. The van der Waals surface area contributed by atoms with E-state index in [0.717, 1.165) is 11.1 Å². The highest BCUT2D eigenvalue weighted by molar-refractivity contribution is 7.89. The Kier molecular flexibility index (Phi) is 4.69. The van der Waals surface area contributed by atoms with E-state index in [1.54, 1.807) is 24.3 Å². The van der Waals surface area contributed by atoms with Crippen LogP contribution >= 0.6 is 0 Å². The van der Waals surface area contributed by atoms with Gasteiger partial charge in [-0.1, -0.05) is 44.2 Å². The number of benzene rings is 2. The van der Waals surface area contributed by atoms with Gasteiger partial charge in [0.1, 0.15) is 5.84 Å². The summed E-state index contributed by atoms with van der Waals surface area (Å²) in [6.07, 6.45) is 0. The Hall–Kier alpha value is -2.51. The molecular formula is C18H20N4O2S. The number of aliphatic imine (C=N–C) groups is 2. The minimum Gasteiger partial charge on any atom is -0.383 e. The molecule has 0 radical (unpaired) electrons. The second kappa shape index (κ2) is 6.78. The van der Waals surface area contributed by atoms with Crippen LogP contribution in [0.5, 0.6) is 0 Å². The molecular weight excluding hydrogens is 336 g/mol. The molecule has 3 rings (SSSR count). The lowest BCUT2D eigenvalue weighted by Gasteiger charge is -2.18. The topological polar surface area (TPSA) is 88.1 Å². The monoisotopic (exact) mass is 356 g/mol. The minimum atomic E-state index is -3.53. The molecule has 2 aromatic carbocycles. The Morgan fingerprint density at radius 1 is 1.04 bits per heavy atom. The third kappa shape index (κ3) is 3.20. The lowest BCUT2D eigenvalue weighted by molar-refractivity contribution is 0.445. The van der Waals surface area contributed by atoms with Crippen molar-refractivity contribution in [1.29, 1.82) is 0 Å². The maximum Gasteiger partial charge on any atom is 0.243 e. The Morgan fingerprint density at radius 2 is 1.72 bits per heavy atom. The predicted octanol–water partition coefficient (Wildman–Crippen LogP) is 2.51. The van der Waals surface area contributed by atoms with Gasteiger partial charge in [-0.3, -0.25) is 0 Å². The maximum absolute atomic E-state index is 12.7. The van der Waals surface area contributed by atoms with Gasteiger partial charge in [0, 0.05) is 24.2 Å². The molecule has 2 N–H and O–H groups in total. The molecule has 0 amide bonds. The zero-order valence-corrected chi connectivity index (χ0v) is 15.0. The number of hydrogen-bond donors (Lipinski definition) is 1. The summed E-state index contributed by atoms with van der Waals surface area (Å²) in [4.78, 5) is 9.02. The zero-order valence-electron chi connectivity index (χ0n) is 14.2. The van der Waals surface area contributed by atoms with Crippen molar-refractivity contribution in [3.63, 3.8) is 0 Å². The van der Waals surface area contributed by atoms with Crippen molar-refractivity contribution in [3.8, 4) is 0 Å². The smallest absolute Gasteiger partial charge is 0.243 e. The number of amidine groups is 2. The molecule has 7 heteroatoms. The molecule has 0 atom stereocenters. The SMILES string of the molecule is CCN(CC)S(=O)(=O)c1cccc(N=C2N=C(N)c3ccccc32)c1. The Balaban J connectivity index is 2.02. The molecule has 0 unspecified atom stereocenters. The Labute approximate surface area is 147 Å². The van der Waals surface area contributed by atoms with Crippen LogP contribution in [0, 0.1) is 0 Å². The van der Waals surface area contributed by atoms with E-state index < -0.39 is 10.0 Å². The van der Waals surface area contributed by atoms with E-state index >= 15 is 0 Å². The van der Waals surface area contributed by atoms with Gasteiger partial charge in [-0.25, -0.2) is 18.4 Å². The van der Waals surface area contributed by atoms with E-state index in [9.17, 15) is 8.42 Å². The number of nitrogens with two attached hydrogens (primary N) is 1. The van der Waals surface area contributed by atoms with Gasteiger partial charge in [0.05, 0.1) is 10.6 Å². The number of fused-ring (bicyclic) bond motifs is 1. The van der Waals surface area contributed by atoms with Gasteiger partial charge in [-0.2, -0.15) is 4.31 Å². The highest BCUT2D eigenvalue weighted by atomic mass is 32.2. The van der Waals surface area contributed by atoms with Crippen LogP contribution in [0.2, 0.25) is 0 Å². The van der Waals surface area contributed by atoms with Gasteiger partial charge >= 0.3 is 0 Å². The molecule has 0 aliphatic carbocycles. The summed E-state index contributed by atoms with van der Waals surface area (Å²) >= 11 is 0. The summed E-state index contributed by atoms with van der Waals surface area (Å²) in [5, 5.41) is 0. The third-order valence-corrected chi connectivity index (χ3v) is 6.11. The van der Waals surface area contributed by atoms with Gasteiger partial charge in [0.15, 0.2) is 5.84 Å². The zero-order chi connectivity index (χ0) is 18.0. The van der Waals surface area contributed by atoms with E-state index in [1.807, 2.05) is 38.1 Å². The van der Waals surface area contributed by atoms with E-state index in [2.05, 4.69) is 9.98 Å². The molecule has 1 aliphatic rings. The summed E-state index contributed by atoms with van der Waals surface area (Å²) < 4.78 is 26.7. The molecule has 2 aromatic rings. The first kappa shape index (κ1) is 17.3. The van der Waals surface area contributed by atoms with Gasteiger partial charge in [0.2, 0.25) is 10.0 Å². The summed E-state index contributed by atoms with van der Waals surface area (Å²) in [5.74, 6) is 0.909. The lowest BCUT2D eigenvalue weighted by atomic mass is 10.1. The van der Waals surface area contributed by atoms with Crippen molar-refractivity contribution in [1.82, 2.24) is 4.31 Å². The molecule has 130 valence electrons. The molecule has 0 saturated carbocycles. The van der Waals surface area contributed by atoms with Crippen LogP contribution in [0.15, 0.2) is 63.4 Å². The highest BCUT2D eigenvalue weighted by Gasteiger charge is 2.22. The normalized spacial score (nSPS) is 15.5. The molecule has 0 aromatic heterocycles. The molecule has 0 fully saturated rings. The van der Waals surface area contributed by atoms with Gasteiger partial charge in [-0.15, -0.1) is 0 Å². The van der Waals surface area contributed by atoms with Crippen LogP contribution < -0.4 is 5.73 Å². The highest BCUT2D eigenvalue weighted by Crippen LogP contribution is 2.24. The lowest BCUT2D eigenvalue weighted by Crippen LogP contribution is -2.30. The first-order chi connectivity index (χ1) is 12.0. The fraction of sp³-hybridized carbons (Fsp3) is 0.222. The third-order valence-electron chi connectivity index (χ3n) is 4.07. The standard InChI is InChI=1S/C18H20N4O2S/c1-3-22(4-2)25(23,24)14-9-7-8-13(12-14)20-18-16-11-6-5-10-15(16)17(19)21-18/h5-12H,3-4H2,1-2H3,(H2,19,20,21). The molecule has 6 nitrogen and oxygen atoms in total. The van der Waals surface area contributed by atoms with Crippen molar-refractivity contribution >= 4 is 27.4 Å². The first-order valence-corrected chi connectivity index (χ1v) is 9.54. The van der Waals surface area contributed by atoms with Crippen molar-refractivity contribution in [2.45, 2.75) is 18.7 Å². The molecule has 1 heterocycles. The number of rotatable bonds is 5. The van der Waals surface area contributed by atoms with Crippen molar-refractivity contribution in [2.75, 3.05) is 13.1 Å². The fourth-order valence-corrected chi connectivity index (χ4v) is 4.27. The van der Waals surface area contributed by atoms with Crippen LogP contribution in [0.1, 0.15) is 25.0 Å². The van der Waals surface area contributed by atoms with Crippen molar-refractivity contribution < 1.29 is 8.42 Å². The second-order valence-corrected chi connectivity index (χ2v) is 7.50. The summed E-state index contributed by atoms with van der Waals surface area (Å²) in [6.45, 7) is 4.48. The fourth-order valence-electron chi connectivity index (χ4n) is 2.77. The largest absolute Gasteiger partial charge is 0.383 e. The quantitative estimate of drug-likeness (QED) is 0.893. The van der Waals surface area contributed by atoms with E-state index in [4.69, 9.17) is 5.73 Å². The van der Waals surface area contributed by atoms with Crippen molar-refractivity contribution in [2.24, 2.45) is 15.7 Å². The molecule has 0 spiro atoms. The summed E-state index contributed by atoms with van der Waals surface area (Å²) in [6, 6.07) is 14.1. The van der Waals surface area contributed by atoms with Crippen LogP contribution in [-0.4, -0.2) is 37.5 Å². The van der Waals surface area contributed by atoms with Gasteiger partial charge in [0.25, 0.3) is 0 Å². The Morgan fingerprint density at radius 3 is 2.40 bits per heavy atom. The van der Waals surface area contributed by atoms with Crippen molar-refractivity contribution in [3.05, 3.63) is 59.7 Å². The maximum atomic E-state index is 12.7. The van der Waals surface area contributed by atoms with Gasteiger partial charge < -0.3 is 5.73 Å².